The molecule has 0 heterocycles. The van der Waals surface area contributed by atoms with E-state index in [1.807, 2.05) is 0 Å². The summed E-state index contributed by atoms with van der Waals surface area (Å²) in [6.07, 6.45) is 1.02. The minimum Gasteiger partial charge on any atom is -0.330 e. The molecule has 1 atom stereocenters. The van der Waals surface area contributed by atoms with Gasteiger partial charge in [-0.2, -0.15) is 0 Å². The first-order valence-electron chi connectivity index (χ1n) is 6.52. The highest BCUT2D eigenvalue weighted by Gasteiger charge is 2.12. The molecule has 2 aromatic rings. The minimum absolute atomic E-state index is 0.411. The van der Waals surface area contributed by atoms with Crippen LogP contribution in [0.1, 0.15) is 28.2 Å². The molecule has 0 saturated carbocycles. The van der Waals surface area contributed by atoms with Crippen LogP contribution in [0.15, 0.2) is 48.5 Å². The van der Waals surface area contributed by atoms with Crippen LogP contribution >= 0.6 is 0 Å². The van der Waals surface area contributed by atoms with E-state index in [0.717, 1.165) is 6.42 Å². The Hall–Kier alpha value is -1.60. The maximum absolute atomic E-state index is 5.95. The van der Waals surface area contributed by atoms with Crippen molar-refractivity contribution in [2.45, 2.75) is 26.2 Å². The summed E-state index contributed by atoms with van der Waals surface area (Å²) in [6, 6.07) is 17.3. The lowest BCUT2D eigenvalue weighted by atomic mass is 9.89. The summed E-state index contributed by atoms with van der Waals surface area (Å²) in [5.41, 5.74) is 11.3. The maximum Gasteiger partial charge on any atom is 0.000419 e. The highest BCUT2D eigenvalue weighted by molar-refractivity contribution is 5.32. The summed E-state index contributed by atoms with van der Waals surface area (Å²) in [5, 5.41) is 0. The van der Waals surface area contributed by atoms with Crippen LogP contribution in [0.4, 0.5) is 0 Å². The highest BCUT2D eigenvalue weighted by Crippen LogP contribution is 2.23. The summed E-state index contributed by atoms with van der Waals surface area (Å²) < 4.78 is 0. The Kier molecular flexibility index (Phi) is 4.16. The first kappa shape index (κ1) is 12.8. The predicted octanol–water partition coefficient (Wildman–Crippen LogP) is 3.59. The first-order chi connectivity index (χ1) is 8.70. The zero-order valence-corrected chi connectivity index (χ0v) is 11.2. The zero-order valence-electron chi connectivity index (χ0n) is 11.2. The molecule has 0 saturated heterocycles. The van der Waals surface area contributed by atoms with Gasteiger partial charge in [0, 0.05) is 5.92 Å². The van der Waals surface area contributed by atoms with Crippen LogP contribution < -0.4 is 5.73 Å². The lowest BCUT2D eigenvalue weighted by Gasteiger charge is -2.17. The van der Waals surface area contributed by atoms with Crippen molar-refractivity contribution in [2.24, 2.45) is 5.73 Å². The fraction of sp³-hybridized carbons (Fsp3) is 0.294. The van der Waals surface area contributed by atoms with Crippen LogP contribution in [-0.2, 0) is 6.42 Å². The molecule has 1 nitrogen and oxygen atoms in total. The Morgan fingerprint density at radius 1 is 0.944 bits per heavy atom. The molecular formula is C17H21N. The second-order valence-electron chi connectivity index (χ2n) is 4.98. The van der Waals surface area contributed by atoms with Gasteiger partial charge in [-0.15, -0.1) is 0 Å². The molecule has 0 aliphatic heterocycles. The standard InChI is InChI=1S/C17H21N/c1-13-7-9-15(10-8-13)11-16(12-18)17-6-4-3-5-14(17)2/h3-10,16H,11-12,18H2,1-2H3. The molecular weight excluding hydrogens is 218 g/mol. The molecule has 1 unspecified atom stereocenters. The summed E-state index contributed by atoms with van der Waals surface area (Å²) >= 11 is 0. The zero-order chi connectivity index (χ0) is 13.0. The van der Waals surface area contributed by atoms with Crippen molar-refractivity contribution in [1.82, 2.24) is 0 Å². The molecule has 0 aliphatic rings. The number of benzene rings is 2. The fourth-order valence-electron chi connectivity index (χ4n) is 2.37. The SMILES string of the molecule is Cc1ccc(CC(CN)c2ccccc2C)cc1. The largest absolute Gasteiger partial charge is 0.330 e. The van der Waals surface area contributed by atoms with Gasteiger partial charge in [-0.1, -0.05) is 54.1 Å². The van der Waals surface area contributed by atoms with Gasteiger partial charge in [0.05, 0.1) is 0 Å². The van der Waals surface area contributed by atoms with Crippen LogP contribution in [0.25, 0.3) is 0 Å². The van der Waals surface area contributed by atoms with Gasteiger partial charge in [-0.05, 0) is 43.5 Å². The van der Waals surface area contributed by atoms with E-state index in [9.17, 15) is 0 Å². The maximum atomic E-state index is 5.95. The van der Waals surface area contributed by atoms with Gasteiger partial charge in [-0.3, -0.25) is 0 Å². The van der Waals surface area contributed by atoms with Crippen molar-refractivity contribution >= 4 is 0 Å². The van der Waals surface area contributed by atoms with Gasteiger partial charge < -0.3 is 5.73 Å². The van der Waals surface area contributed by atoms with Crippen LogP contribution in [-0.4, -0.2) is 6.54 Å². The van der Waals surface area contributed by atoms with E-state index in [0.29, 0.717) is 12.5 Å². The molecule has 0 aromatic heterocycles. The topological polar surface area (TPSA) is 26.0 Å². The molecule has 0 aliphatic carbocycles. The summed E-state index contributed by atoms with van der Waals surface area (Å²) in [6.45, 7) is 4.97. The molecule has 0 bridgehead atoms. The van der Waals surface area contributed by atoms with Gasteiger partial charge in [0.1, 0.15) is 0 Å². The molecule has 0 radical (unpaired) electrons. The van der Waals surface area contributed by atoms with Gasteiger partial charge in [0.2, 0.25) is 0 Å². The van der Waals surface area contributed by atoms with Gasteiger partial charge in [-0.25, -0.2) is 0 Å². The summed E-state index contributed by atoms with van der Waals surface area (Å²) in [7, 11) is 0. The molecule has 2 N–H and O–H groups in total. The first-order valence-corrected chi connectivity index (χ1v) is 6.52. The van der Waals surface area contributed by atoms with E-state index in [4.69, 9.17) is 5.73 Å². The molecule has 2 rings (SSSR count). The van der Waals surface area contributed by atoms with Crippen LogP contribution in [0.3, 0.4) is 0 Å². The molecule has 0 amide bonds. The van der Waals surface area contributed by atoms with Crippen molar-refractivity contribution in [1.29, 1.82) is 0 Å². The number of hydrogen-bond acceptors (Lipinski definition) is 1. The second kappa shape index (κ2) is 5.83. The Morgan fingerprint density at radius 3 is 2.22 bits per heavy atom. The predicted molar refractivity (Wildman–Crippen MR) is 77.9 cm³/mol. The minimum atomic E-state index is 0.411. The average molecular weight is 239 g/mol. The molecule has 18 heavy (non-hydrogen) atoms. The Morgan fingerprint density at radius 2 is 1.61 bits per heavy atom. The molecule has 2 aromatic carbocycles. The molecule has 0 spiro atoms. The normalized spacial score (nSPS) is 12.4. The van der Waals surface area contributed by atoms with Crippen LogP contribution in [0.5, 0.6) is 0 Å². The lowest BCUT2D eigenvalue weighted by Crippen LogP contribution is -2.16. The third-order valence-corrected chi connectivity index (χ3v) is 3.52. The van der Waals surface area contributed by atoms with E-state index in [2.05, 4.69) is 62.4 Å². The van der Waals surface area contributed by atoms with E-state index < -0.39 is 0 Å². The van der Waals surface area contributed by atoms with E-state index in [-0.39, 0.29) is 0 Å². The van der Waals surface area contributed by atoms with Gasteiger partial charge in [0.15, 0.2) is 0 Å². The van der Waals surface area contributed by atoms with Gasteiger partial charge >= 0.3 is 0 Å². The van der Waals surface area contributed by atoms with Crippen molar-refractivity contribution in [3.05, 3.63) is 70.8 Å². The quantitative estimate of drug-likeness (QED) is 0.867. The number of aryl methyl sites for hydroxylation is 2. The summed E-state index contributed by atoms with van der Waals surface area (Å²) in [4.78, 5) is 0. The van der Waals surface area contributed by atoms with Crippen molar-refractivity contribution in [2.75, 3.05) is 6.54 Å². The van der Waals surface area contributed by atoms with Gasteiger partial charge in [0.25, 0.3) is 0 Å². The summed E-state index contributed by atoms with van der Waals surface area (Å²) in [5.74, 6) is 0.411. The van der Waals surface area contributed by atoms with Crippen molar-refractivity contribution in [3.8, 4) is 0 Å². The number of hydrogen-bond donors (Lipinski definition) is 1. The molecule has 0 fully saturated rings. The van der Waals surface area contributed by atoms with Crippen LogP contribution in [0.2, 0.25) is 0 Å². The van der Waals surface area contributed by atoms with Crippen molar-refractivity contribution < 1.29 is 0 Å². The number of rotatable bonds is 4. The Bertz CT molecular complexity index is 499. The van der Waals surface area contributed by atoms with E-state index in [1.54, 1.807) is 0 Å². The fourth-order valence-corrected chi connectivity index (χ4v) is 2.37. The second-order valence-corrected chi connectivity index (χ2v) is 4.98. The highest BCUT2D eigenvalue weighted by atomic mass is 14.5. The average Bonchev–Trinajstić information content (AvgIpc) is 2.39. The van der Waals surface area contributed by atoms with E-state index >= 15 is 0 Å². The molecule has 94 valence electrons. The van der Waals surface area contributed by atoms with Crippen molar-refractivity contribution in [3.63, 3.8) is 0 Å². The Labute approximate surface area is 110 Å². The lowest BCUT2D eigenvalue weighted by molar-refractivity contribution is 0.690. The van der Waals surface area contributed by atoms with Crippen LogP contribution in [0, 0.1) is 13.8 Å². The number of nitrogens with two attached hydrogens (primary N) is 1. The monoisotopic (exact) mass is 239 g/mol. The third kappa shape index (κ3) is 2.99. The third-order valence-electron chi connectivity index (χ3n) is 3.52. The van der Waals surface area contributed by atoms with E-state index in [1.165, 1.54) is 22.3 Å². The smallest absolute Gasteiger partial charge is 0.000419 e. The Balaban J connectivity index is 2.20. The molecule has 1 heteroatoms.